The van der Waals surface area contributed by atoms with Crippen molar-refractivity contribution in [2.24, 2.45) is 0 Å². The van der Waals surface area contributed by atoms with Gasteiger partial charge in [0.15, 0.2) is 11.1 Å². The highest BCUT2D eigenvalue weighted by Crippen LogP contribution is 2.29. The van der Waals surface area contributed by atoms with Crippen molar-refractivity contribution < 1.29 is 13.2 Å². The van der Waals surface area contributed by atoms with Crippen LogP contribution in [0.25, 0.3) is 11.2 Å². The summed E-state index contributed by atoms with van der Waals surface area (Å²) in [7, 11) is 0. The van der Waals surface area contributed by atoms with Crippen molar-refractivity contribution in [3.05, 3.63) is 53.5 Å². The van der Waals surface area contributed by atoms with Crippen LogP contribution in [0.15, 0.2) is 36.9 Å². The minimum Gasteiger partial charge on any atom is -0.340 e. The fraction of sp³-hybridized carbons (Fsp3) is 0.154. The fourth-order valence-electron chi connectivity index (χ4n) is 2.08. The summed E-state index contributed by atoms with van der Waals surface area (Å²) in [4.78, 5) is 10.7. The minimum absolute atomic E-state index is 0.0443. The number of hydrogen-bond donors (Lipinski definition) is 2. The molecule has 0 amide bonds. The molecule has 1 aromatic carbocycles. The Morgan fingerprint density at radius 1 is 1.24 bits per heavy atom. The number of fused-ring (bicyclic) bond motifs is 1. The van der Waals surface area contributed by atoms with Crippen LogP contribution in [0.4, 0.5) is 13.2 Å². The summed E-state index contributed by atoms with van der Waals surface area (Å²) < 4.78 is 39.7. The van der Waals surface area contributed by atoms with E-state index in [1.807, 2.05) is 0 Å². The third kappa shape index (κ3) is 2.51. The van der Waals surface area contributed by atoms with Crippen LogP contribution >= 0.6 is 0 Å². The Labute approximate surface area is 116 Å². The molecule has 0 spiro atoms. The summed E-state index contributed by atoms with van der Waals surface area (Å²) in [6, 6.07) is 5.10. The predicted octanol–water partition coefficient (Wildman–Crippen LogP) is 2.31. The van der Waals surface area contributed by atoms with E-state index in [0.29, 0.717) is 16.7 Å². The molecule has 3 rings (SSSR count). The number of benzene rings is 1. The van der Waals surface area contributed by atoms with Crippen molar-refractivity contribution in [2.45, 2.75) is 12.7 Å². The second kappa shape index (κ2) is 4.72. The molecule has 2 N–H and O–H groups in total. The van der Waals surface area contributed by atoms with Gasteiger partial charge in [0.1, 0.15) is 5.52 Å². The van der Waals surface area contributed by atoms with Gasteiger partial charge in [-0.25, -0.2) is 9.97 Å². The number of aromatic nitrogens is 4. The monoisotopic (exact) mass is 293 g/mol. The lowest BCUT2D eigenvalue weighted by molar-refractivity contribution is -0.137. The summed E-state index contributed by atoms with van der Waals surface area (Å²) >= 11 is 0. The van der Waals surface area contributed by atoms with Gasteiger partial charge in [-0.2, -0.15) is 13.2 Å². The first-order valence-electron chi connectivity index (χ1n) is 6.04. The zero-order valence-corrected chi connectivity index (χ0v) is 10.6. The highest BCUT2D eigenvalue weighted by molar-refractivity contribution is 5.68. The zero-order chi connectivity index (χ0) is 15.0. The molecule has 0 aliphatic rings. The van der Waals surface area contributed by atoms with Crippen LogP contribution in [0.5, 0.6) is 0 Å². The van der Waals surface area contributed by atoms with Crippen molar-refractivity contribution in [3.8, 4) is 0 Å². The molecule has 0 atom stereocenters. The van der Waals surface area contributed by atoms with E-state index in [1.165, 1.54) is 18.7 Å². The molecule has 0 unspecified atom stereocenters. The van der Waals surface area contributed by atoms with Gasteiger partial charge in [-0.15, -0.1) is 0 Å². The molecule has 2 heterocycles. The van der Waals surface area contributed by atoms with Crippen LogP contribution in [-0.2, 0) is 12.7 Å². The van der Waals surface area contributed by atoms with Gasteiger partial charge in [0.25, 0.3) is 0 Å². The number of alkyl halides is 3. The van der Waals surface area contributed by atoms with Gasteiger partial charge >= 0.3 is 6.18 Å². The largest absolute Gasteiger partial charge is 0.416 e. The minimum atomic E-state index is -4.37. The van der Waals surface area contributed by atoms with Crippen LogP contribution in [0.1, 0.15) is 11.1 Å². The molecular formula is C13H10F3N5. The number of halogens is 3. The van der Waals surface area contributed by atoms with Crippen LogP contribution in [-0.4, -0.2) is 19.5 Å². The Morgan fingerprint density at radius 3 is 2.81 bits per heavy atom. The van der Waals surface area contributed by atoms with Crippen LogP contribution in [0.3, 0.4) is 0 Å². The molecular weight excluding hydrogens is 283 g/mol. The van der Waals surface area contributed by atoms with E-state index >= 15 is 0 Å². The molecule has 5 nitrogen and oxygen atoms in total. The van der Waals surface area contributed by atoms with Crippen molar-refractivity contribution in [1.82, 2.24) is 19.5 Å². The highest BCUT2D eigenvalue weighted by atomic mass is 19.4. The quantitative estimate of drug-likeness (QED) is 0.761. The van der Waals surface area contributed by atoms with Crippen molar-refractivity contribution in [3.63, 3.8) is 0 Å². The molecule has 108 valence electrons. The van der Waals surface area contributed by atoms with Gasteiger partial charge in [-0.1, -0.05) is 12.1 Å². The molecule has 2 aromatic heterocycles. The summed E-state index contributed by atoms with van der Waals surface area (Å²) in [6.07, 6.45) is -1.55. The number of imidazole rings is 1. The maximum Gasteiger partial charge on any atom is 0.416 e. The van der Waals surface area contributed by atoms with Crippen molar-refractivity contribution in [1.29, 1.82) is 5.41 Å². The normalized spacial score (nSPS) is 12.0. The van der Waals surface area contributed by atoms with Gasteiger partial charge in [0.2, 0.25) is 0 Å². The molecule has 0 saturated heterocycles. The van der Waals surface area contributed by atoms with E-state index in [-0.39, 0.29) is 12.0 Å². The molecule has 0 saturated carbocycles. The molecule has 8 heteroatoms. The Kier molecular flexibility index (Phi) is 3.00. The SMILES string of the molecule is N=c1ncn(Cc2cccc(C(F)(F)F)c2)c2nc[nH]c12. The Bertz CT molecular complexity index is 847. The number of aromatic amines is 1. The van der Waals surface area contributed by atoms with E-state index in [2.05, 4.69) is 15.0 Å². The fourth-order valence-corrected chi connectivity index (χ4v) is 2.08. The first-order valence-corrected chi connectivity index (χ1v) is 6.04. The zero-order valence-electron chi connectivity index (χ0n) is 10.6. The second-order valence-electron chi connectivity index (χ2n) is 4.52. The first kappa shape index (κ1) is 13.3. The van der Waals surface area contributed by atoms with Gasteiger partial charge < -0.3 is 9.55 Å². The van der Waals surface area contributed by atoms with E-state index in [0.717, 1.165) is 12.1 Å². The topological polar surface area (TPSA) is 70.3 Å². The molecule has 0 fully saturated rings. The summed E-state index contributed by atoms with van der Waals surface area (Å²) in [6.45, 7) is 0.193. The highest BCUT2D eigenvalue weighted by Gasteiger charge is 2.30. The number of rotatable bonds is 2. The lowest BCUT2D eigenvalue weighted by atomic mass is 10.1. The molecule has 21 heavy (non-hydrogen) atoms. The van der Waals surface area contributed by atoms with E-state index in [4.69, 9.17) is 5.41 Å². The summed E-state index contributed by atoms with van der Waals surface area (Å²) in [5.74, 6) is 0. The Balaban J connectivity index is 2.01. The van der Waals surface area contributed by atoms with E-state index < -0.39 is 11.7 Å². The summed E-state index contributed by atoms with van der Waals surface area (Å²) in [5, 5.41) is 7.63. The van der Waals surface area contributed by atoms with Crippen molar-refractivity contribution in [2.75, 3.05) is 0 Å². The third-order valence-corrected chi connectivity index (χ3v) is 3.06. The van der Waals surface area contributed by atoms with Gasteiger partial charge in [-0.05, 0) is 17.7 Å². The Hall–Kier alpha value is -2.64. The second-order valence-corrected chi connectivity index (χ2v) is 4.52. The van der Waals surface area contributed by atoms with Crippen LogP contribution in [0, 0.1) is 5.41 Å². The van der Waals surface area contributed by atoms with E-state index in [9.17, 15) is 13.2 Å². The van der Waals surface area contributed by atoms with E-state index in [1.54, 1.807) is 10.6 Å². The molecule has 0 aliphatic heterocycles. The first-order chi connectivity index (χ1) is 9.95. The molecule has 0 radical (unpaired) electrons. The van der Waals surface area contributed by atoms with Crippen LogP contribution in [0.2, 0.25) is 0 Å². The number of hydrogen-bond acceptors (Lipinski definition) is 3. The Morgan fingerprint density at radius 2 is 2.05 bits per heavy atom. The number of H-pyrrole nitrogens is 1. The average molecular weight is 293 g/mol. The van der Waals surface area contributed by atoms with Gasteiger partial charge in [0.05, 0.1) is 24.8 Å². The van der Waals surface area contributed by atoms with Gasteiger partial charge in [0, 0.05) is 0 Å². The maximum absolute atomic E-state index is 12.7. The summed E-state index contributed by atoms with van der Waals surface area (Å²) in [5.41, 5.74) is 0.766. The van der Waals surface area contributed by atoms with Gasteiger partial charge in [-0.3, -0.25) is 5.41 Å². The molecule has 0 aliphatic carbocycles. The molecule has 0 bridgehead atoms. The lowest BCUT2D eigenvalue weighted by Gasteiger charge is -2.10. The third-order valence-electron chi connectivity index (χ3n) is 3.06. The standard InChI is InChI=1S/C13H10F3N5/c14-13(15,16)9-3-1-2-8(4-9)5-21-7-20-11(17)10-12(21)19-6-18-10/h1-4,6-7,17H,5H2,(H,18,19). The number of nitrogens with one attached hydrogen (secondary N) is 2. The predicted molar refractivity (Wildman–Crippen MR) is 68.3 cm³/mol. The maximum atomic E-state index is 12.7. The smallest absolute Gasteiger partial charge is 0.340 e. The lowest BCUT2D eigenvalue weighted by Crippen LogP contribution is -2.13. The number of nitrogens with zero attached hydrogens (tertiary/aromatic N) is 3. The average Bonchev–Trinajstić information content (AvgIpc) is 2.92. The van der Waals surface area contributed by atoms with Crippen molar-refractivity contribution >= 4 is 11.2 Å². The van der Waals surface area contributed by atoms with Crippen LogP contribution < -0.4 is 5.49 Å². The molecule has 3 aromatic rings.